The average Bonchev–Trinajstić information content (AvgIpc) is 2.62. The van der Waals surface area contributed by atoms with E-state index in [1.54, 1.807) is 14.2 Å². The Bertz CT molecular complexity index is 622. The number of methoxy groups -OCH3 is 2. The van der Waals surface area contributed by atoms with Crippen LogP contribution in [0.1, 0.15) is 24.0 Å². The molecule has 0 saturated heterocycles. The smallest absolute Gasteiger partial charge is 0.118 e. The molecule has 0 aromatic heterocycles. The fourth-order valence-corrected chi connectivity index (χ4v) is 2.25. The zero-order valence-corrected chi connectivity index (χ0v) is 13.9. The highest BCUT2D eigenvalue weighted by molar-refractivity contribution is 5.50. The summed E-state index contributed by atoms with van der Waals surface area (Å²) >= 11 is 0. The topological polar surface area (TPSA) is 18.5 Å². The molecule has 0 fully saturated rings. The lowest BCUT2D eigenvalue weighted by atomic mass is 10.1. The quantitative estimate of drug-likeness (QED) is 0.616. The third-order valence-corrected chi connectivity index (χ3v) is 3.62. The molecule has 2 nitrogen and oxygen atoms in total. The van der Waals surface area contributed by atoms with Crippen molar-refractivity contribution in [2.75, 3.05) is 14.2 Å². The van der Waals surface area contributed by atoms with Crippen LogP contribution in [-0.2, 0) is 6.42 Å². The summed E-state index contributed by atoms with van der Waals surface area (Å²) < 4.78 is 10.3. The predicted molar refractivity (Wildman–Crippen MR) is 97.1 cm³/mol. The van der Waals surface area contributed by atoms with Gasteiger partial charge in [0.25, 0.3) is 0 Å². The maximum atomic E-state index is 5.16. The van der Waals surface area contributed by atoms with Crippen LogP contribution in [0.3, 0.4) is 0 Å². The van der Waals surface area contributed by atoms with Gasteiger partial charge in [-0.05, 0) is 54.7 Å². The standard InChI is InChI=1S/C21H24O2/c1-22-20-14-10-18(11-15-20)8-6-4-3-5-7-9-19-12-16-21(23-2)17-13-19/h3-4,7,9-17H,5-6,8H2,1-2H3/b4-3+,9-7+. The Hall–Kier alpha value is -2.48. The third kappa shape index (κ3) is 6.03. The Balaban J connectivity index is 1.68. The molecule has 0 aliphatic heterocycles. The molecule has 0 radical (unpaired) electrons. The molecule has 0 unspecified atom stereocenters. The van der Waals surface area contributed by atoms with Crippen molar-refractivity contribution in [3.63, 3.8) is 0 Å². The predicted octanol–water partition coefficient (Wildman–Crippen LogP) is 5.30. The Morgan fingerprint density at radius 2 is 1.35 bits per heavy atom. The summed E-state index contributed by atoms with van der Waals surface area (Å²) in [5, 5.41) is 0. The van der Waals surface area contributed by atoms with E-state index >= 15 is 0 Å². The largest absolute Gasteiger partial charge is 0.497 e. The van der Waals surface area contributed by atoms with Crippen LogP contribution in [-0.4, -0.2) is 14.2 Å². The highest BCUT2D eigenvalue weighted by Crippen LogP contribution is 2.13. The van der Waals surface area contributed by atoms with E-state index in [2.05, 4.69) is 48.6 Å². The zero-order valence-electron chi connectivity index (χ0n) is 13.9. The first-order valence-electron chi connectivity index (χ1n) is 7.90. The Morgan fingerprint density at radius 1 is 0.739 bits per heavy atom. The molecule has 0 spiro atoms. The molecule has 0 N–H and O–H groups in total. The molecule has 0 saturated carbocycles. The van der Waals surface area contributed by atoms with E-state index in [0.717, 1.165) is 30.8 Å². The molecular weight excluding hydrogens is 284 g/mol. The van der Waals surface area contributed by atoms with Crippen LogP contribution in [0.5, 0.6) is 11.5 Å². The fraction of sp³-hybridized carbons (Fsp3) is 0.238. The van der Waals surface area contributed by atoms with Crippen molar-refractivity contribution < 1.29 is 9.47 Å². The normalized spacial score (nSPS) is 11.2. The first-order valence-corrected chi connectivity index (χ1v) is 7.90. The number of rotatable bonds is 8. The van der Waals surface area contributed by atoms with Gasteiger partial charge < -0.3 is 9.47 Å². The molecule has 0 heterocycles. The summed E-state index contributed by atoms with van der Waals surface area (Å²) in [6.07, 6.45) is 11.8. The lowest BCUT2D eigenvalue weighted by Crippen LogP contribution is -1.85. The molecule has 2 rings (SSSR count). The van der Waals surface area contributed by atoms with E-state index < -0.39 is 0 Å². The first kappa shape index (κ1) is 16.9. The van der Waals surface area contributed by atoms with Crippen molar-refractivity contribution in [3.8, 4) is 11.5 Å². The van der Waals surface area contributed by atoms with Crippen molar-refractivity contribution in [2.24, 2.45) is 0 Å². The average molecular weight is 308 g/mol. The fourth-order valence-electron chi connectivity index (χ4n) is 2.25. The molecule has 2 heteroatoms. The summed E-state index contributed by atoms with van der Waals surface area (Å²) in [4.78, 5) is 0. The second-order valence-corrected chi connectivity index (χ2v) is 5.27. The van der Waals surface area contributed by atoms with E-state index in [-0.39, 0.29) is 0 Å². The van der Waals surface area contributed by atoms with Gasteiger partial charge in [0.1, 0.15) is 11.5 Å². The van der Waals surface area contributed by atoms with Gasteiger partial charge in [0.15, 0.2) is 0 Å². The lowest BCUT2D eigenvalue weighted by molar-refractivity contribution is 0.414. The molecule has 23 heavy (non-hydrogen) atoms. The Kier molecular flexibility index (Phi) is 6.99. The summed E-state index contributed by atoms with van der Waals surface area (Å²) in [5.41, 5.74) is 2.53. The minimum atomic E-state index is 0.889. The molecule has 0 aliphatic carbocycles. The van der Waals surface area contributed by atoms with E-state index in [1.807, 2.05) is 24.3 Å². The van der Waals surface area contributed by atoms with E-state index in [0.29, 0.717) is 0 Å². The maximum Gasteiger partial charge on any atom is 0.118 e. The second-order valence-electron chi connectivity index (χ2n) is 5.27. The zero-order chi connectivity index (χ0) is 16.3. The number of ether oxygens (including phenoxy) is 2. The van der Waals surface area contributed by atoms with Gasteiger partial charge in [0.2, 0.25) is 0 Å². The van der Waals surface area contributed by atoms with Crippen LogP contribution in [0.4, 0.5) is 0 Å². The monoisotopic (exact) mass is 308 g/mol. The van der Waals surface area contributed by atoms with Crippen molar-refractivity contribution in [1.29, 1.82) is 0 Å². The van der Waals surface area contributed by atoms with Gasteiger partial charge in [-0.25, -0.2) is 0 Å². The van der Waals surface area contributed by atoms with E-state index in [1.165, 1.54) is 11.1 Å². The molecule has 0 atom stereocenters. The maximum absolute atomic E-state index is 5.16. The first-order chi connectivity index (χ1) is 11.3. The number of aryl methyl sites for hydroxylation is 1. The Labute approximate surface area is 139 Å². The van der Waals surface area contributed by atoms with Crippen molar-refractivity contribution >= 4 is 6.08 Å². The summed E-state index contributed by atoms with van der Waals surface area (Å²) in [5.74, 6) is 1.80. The van der Waals surface area contributed by atoms with E-state index in [9.17, 15) is 0 Å². The number of hydrogen-bond donors (Lipinski definition) is 0. The molecule has 0 aliphatic rings. The van der Waals surface area contributed by atoms with Crippen LogP contribution in [0.15, 0.2) is 66.8 Å². The molecule has 2 aromatic carbocycles. The second kappa shape index (κ2) is 9.52. The molecular formula is C21H24O2. The van der Waals surface area contributed by atoms with Crippen molar-refractivity contribution in [3.05, 3.63) is 77.9 Å². The summed E-state index contributed by atoms with van der Waals surface area (Å²) in [6.45, 7) is 0. The highest BCUT2D eigenvalue weighted by atomic mass is 16.5. The SMILES string of the molecule is COc1ccc(/C=C/C/C=C/CCc2ccc(OC)cc2)cc1. The molecule has 0 bridgehead atoms. The van der Waals surface area contributed by atoms with Gasteiger partial charge in [-0.1, -0.05) is 48.6 Å². The molecule has 120 valence electrons. The van der Waals surface area contributed by atoms with Crippen LogP contribution in [0, 0.1) is 0 Å². The van der Waals surface area contributed by atoms with Crippen LogP contribution in [0.2, 0.25) is 0 Å². The number of benzene rings is 2. The minimum Gasteiger partial charge on any atom is -0.497 e. The van der Waals surface area contributed by atoms with Gasteiger partial charge in [0, 0.05) is 0 Å². The molecule has 2 aromatic rings. The summed E-state index contributed by atoms with van der Waals surface area (Å²) in [7, 11) is 3.37. The lowest BCUT2D eigenvalue weighted by Gasteiger charge is -2.01. The number of hydrogen-bond acceptors (Lipinski definition) is 2. The Morgan fingerprint density at radius 3 is 1.96 bits per heavy atom. The third-order valence-electron chi connectivity index (χ3n) is 3.62. The van der Waals surface area contributed by atoms with Gasteiger partial charge in [-0.2, -0.15) is 0 Å². The highest BCUT2D eigenvalue weighted by Gasteiger charge is 1.93. The van der Waals surface area contributed by atoms with Gasteiger partial charge in [-0.3, -0.25) is 0 Å². The molecule has 0 amide bonds. The summed E-state index contributed by atoms with van der Waals surface area (Å²) in [6, 6.07) is 16.3. The van der Waals surface area contributed by atoms with Crippen LogP contribution >= 0.6 is 0 Å². The number of allylic oxidation sites excluding steroid dienone is 3. The minimum absolute atomic E-state index is 0.889. The van der Waals surface area contributed by atoms with Crippen LogP contribution < -0.4 is 9.47 Å². The van der Waals surface area contributed by atoms with Crippen LogP contribution in [0.25, 0.3) is 6.08 Å². The van der Waals surface area contributed by atoms with Gasteiger partial charge in [-0.15, -0.1) is 0 Å². The van der Waals surface area contributed by atoms with E-state index in [4.69, 9.17) is 9.47 Å². The van der Waals surface area contributed by atoms with Crippen molar-refractivity contribution in [1.82, 2.24) is 0 Å². The van der Waals surface area contributed by atoms with Gasteiger partial charge in [0.05, 0.1) is 14.2 Å². The van der Waals surface area contributed by atoms with Gasteiger partial charge >= 0.3 is 0 Å². The van der Waals surface area contributed by atoms with Crippen molar-refractivity contribution in [2.45, 2.75) is 19.3 Å².